The molecule has 0 radical (unpaired) electrons. The molecule has 0 N–H and O–H groups in total. The van der Waals surface area contributed by atoms with E-state index < -0.39 is 10.0 Å². The van der Waals surface area contributed by atoms with E-state index in [0.717, 1.165) is 37.0 Å². The van der Waals surface area contributed by atoms with Crippen LogP contribution in [-0.2, 0) is 21.2 Å². The molecule has 4 rings (SSSR count). The summed E-state index contributed by atoms with van der Waals surface area (Å²) >= 11 is 1.29. The van der Waals surface area contributed by atoms with Crippen molar-refractivity contribution in [2.24, 2.45) is 5.92 Å². The van der Waals surface area contributed by atoms with E-state index in [0.29, 0.717) is 10.8 Å². The summed E-state index contributed by atoms with van der Waals surface area (Å²) in [5.41, 5.74) is 2.56. The predicted molar refractivity (Wildman–Crippen MR) is 115 cm³/mol. The van der Waals surface area contributed by atoms with Crippen LogP contribution in [0, 0.1) is 12.8 Å². The Labute approximate surface area is 177 Å². The number of aryl methyl sites for hydroxylation is 2. The van der Waals surface area contributed by atoms with Gasteiger partial charge in [0.05, 0.1) is 12.0 Å². The van der Waals surface area contributed by atoms with Gasteiger partial charge in [0.25, 0.3) is 10.0 Å². The van der Waals surface area contributed by atoms with Gasteiger partial charge in [-0.25, -0.2) is 8.42 Å². The summed E-state index contributed by atoms with van der Waals surface area (Å²) in [4.78, 5) is 16.2. The van der Waals surface area contributed by atoms with Gasteiger partial charge in [0.2, 0.25) is 5.91 Å². The largest absolute Gasteiger partial charge is 0.338 e. The van der Waals surface area contributed by atoms with Gasteiger partial charge in [0.1, 0.15) is 4.21 Å². The van der Waals surface area contributed by atoms with Crippen molar-refractivity contribution >= 4 is 27.3 Å². The lowest BCUT2D eigenvalue weighted by Gasteiger charge is -2.38. The second-order valence-electron chi connectivity index (χ2n) is 8.12. The third kappa shape index (κ3) is 4.00. The molecule has 1 aliphatic carbocycles. The monoisotopic (exact) mass is 432 g/mol. The summed E-state index contributed by atoms with van der Waals surface area (Å²) in [6.45, 7) is 2.67. The maximum absolute atomic E-state index is 13.3. The zero-order valence-corrected chi connectivity index (χ0v) is 18.6. The molecule has 2 aromatic rings. The standard InChI is InChI=1S/C22H28N2O3S2/c1-16-12-13-21(28-16)29(26,27)24-14-6-9-18(15-24)22(25)23(2)20-11-5-8-17-7-3-4-10-19(17)20/h3-4,7,10,12-13,18,20H,5-6,8-9,11,14-15H2,1-2H3/t18-,20-/m1/s1. The summed E-state index contributed by atoms with van der Waals surface area (Å²) in [5.74, 6) is -0.215. The molecule has 1 aromatic carbocycles. The second-order valence-corrected chi connectivity index (χ2v) is 11.6. The first-order valence-corrected chi connectivity index (χ1v) is 12.5. The van der Waals surface area contributed by atoms with Crippen LogP contribution in [0.4, 0.5) is 0 Å². The molecule has 1 fully saturated rings. The first kappa shape index (κ1) is 20.6. The van der Waals surface area contributed by atoms with Crippen LogP contribution in [0.1, 0.15) is 47.7 Å². The maximum Gasteiger partial charge on any atom is 0.252 e. The molecule has 0 unspecified atom stereocenters. The molecule has 1 saturated heterocycles. The molecule has 1 aromatic heterocycles. The van der Waals surface area contributed by atoms with E-state index in [9.17, 15) is 13.2 Å². The van der Waals surface area contributed by atoms with Crippen molar-refractivity contribution in [2.45, 2.75) is 49.3 Å². The number of carbonyl (C=O) groups excluding carboxylic acids is 1. The van der Waals surface area contributed by atoms with Crippen molar-refractivity contribution in [1.82, 2.24) is 9.21 Å². The van der Waals surface area contributed by atoms with E-state index in [1.54, 1.807) is 6.07 Å². The average molecular weight is 433 g/mol. The van der Waals surface area contributed by atoms with Crippen molar-refractivity contribution < 1.29 is 13.2 Å². The Morgan fingerprint density at radius 1 is 1.14 bits per heavy atom. The van der Waals surface area contributed by atoms with E-state index in [4.69, 9.17) is 0 Å². The molecule has 1 amide bonds. The Morgan fingerprint density at radius 2 is 1.93 bits per heavy atom. The van der Waals surface area contributed by atoms with E-state index in [2.05, 4.69) is 18.2 Å². The molecule has 29 heavy (non-hydrogen) atoms. The van der Waals surface area contributed by atoms with Crippen LogP contribution < -0.4 is 0 Å². The van der Waals surface area contributed by atoms with Crippen LogP contribution in [0.25, 0.3) is 0 Å². The number of thiophene rings is 1. The van der Waals surface area contributed by atoms with Crippen LogP contribution >= 0.6 is 11.3 Å². The molecule has 0 spiro atoms. The maximum atomic E-state index is 13.3. The number of rotatable bonds is 4. The molecule has 156 valence electrons. The zero-order valence-electron chi connectivity index (χ0n) is 17.0. The number of hydrogen-bond donors (Lipinski definition) is 0. The highest BCUT2D eigenvalue weighted by molar-refractivity contribution is 7.91. The van der Waals surface area contributed by atoms with Gasteiger partial charge in [-0.05, 0) is 62.3 Å². The van der Waals surface area contributed by atoms with Gasteiger partial charge in [0, 0.05) is 25.0 Å². The number of carbonyl (C=O) groups is 1. The first-order chi connectivity index (χ1) is 13.9. The van der Waals surface area contributed by atoms with Gasteiger partial charge in [-0.2, -0.15) is 4.31 Å². The number of hydrogen-bond acceptors (Lipinski definition) is 4. The molecule has 2 aliphatic rings. The van der Waals surface area contributed by atoms with Crippen molar-refractivity contribution in [3.63, 3.8) is 0 Å². The van der Waals surface area contributed by atoms with Gasteiger partial charge in [0.15, 0.2) is 0 Å². The number of benzene rings is 1. The summed E-state index contributed by atoms with van der Waals surface area (Å²) in [7, 11) is -1.65. The van der Waals surface area contributed by atoms with Crippen molar-refractivity contribution in [2.75, 3.05) is 20.1 Å². The molecule has 0 saturated carbocycles. The van der Waals surface area contributed by atoms with Crippen LogP contribution in [0.15, 0.2) is 40.6 Å². The van der Waals surface area contributed by atoms with Gasteiger partial charge in [-0.15, -0.1) is 11.3 Å². The minimum absolute atomic E-state index is 0.0639. The minimum atomic E-state index is -3.53. The molecular formula is C22H28N2O3S2. The molecule has 5 nitrogen and oxygen atoms in total. The Kier molecular flexibility index (Phi) is 5.82. The molecule has 7 heteroatoms. The lowest BCUT2D eigenvalue weighted by Crippen LogP contribution is -2.46. The fraction of sp³-hybridized carbons (Fsp3) is 0.500. The molecule has 1 aliphatic heterocycles. The fourth-order valence-corrected chi connectivity index (χ4v) is 7.57. The highest BCUT2D eigenvalue weighted by Crippen LogP contribution is 2.35. The van der Waals surface area contributed by atoms with E-state index in [-0.39, 0.29) is 24.4 Å². The Bertz CT molecular complexity index is 999. The summed E-state index contributed by atoms with van der Waals surface area (Å²) in [6, 6.07) is 12.0. The normalized spacial score (nSPS) is 22.8. The molecule has 2 atom stereocenters. The van der Waals surface area contributed by atoms with Crippen molar-refractivity contribution in [3.05, 3.63) is 52.4 Å². The third-order valence-electron chi connectivity index (χ3n) is 6.20. The van der Waals surface area contributed by atoms with Crippen molar-refractivity contribution in [3.8, 4) is 0 Å². The Balaban J connectivity index is 1.51. The topological polar surface area (TPSA) is 57.7 Å². The minimum Gasteiger partial charge on any atom is -0.338 e. The molecular weight excluding hydrogens is 404 g/mol. The second kappa shape index (κ2) is 8.20. The lowest BCUT2D eigenvalue weighted by atomic mass is 9.86. The summed E-state index contributed by atoms with van der Waals surface area (Å²) < 4.78 is 27.9. The molecule has 0 bridgehead atoms. The van der Waals surface area contributed by atoms with E-state index in [1.165, 1.54) is 26.8 Å². The van der Waals surface area contributed by atoms with Gasteiger partial charge >= 0.3 is 0 Å². The highest BCUT2D eigenvalue weighted by Gasteiger charge is 2.37. The third-order valence-corrected chi connectivity index (χ3v) is 9.53. The summed E-state index contributed by atoms with van der Waals surface area (Å²) in [5, 5.41) is 0. The quantitative estimate of drug-likeness (QED) is 0.734. The number of nitrogens with zero attached hydrogens (tertiary/aromatic N) is 2. The average Bonchev–Trinajstić information content (AvgIpc) is 3.19. The number of fused-ring (bicyclic) bond motifs is 1. The Hall–Kier alpha value is -1.70. The zero-order chi connectivity index (χ0) is 20.6. The van der Waals surface area contributed by atoms with E-state index >= 15 is 0 Å². The van der Waals surface area contributed by atoms with Crippen LogP contribution in [0.5, 0.6) is 0 Å². The lowest BCUT2D eigenvalue weighted by molar-refractivity contribution is -0.138. The number of sulfonamides is 1. The van der Waals surface area contributed by atoms with Gasteiger partial charge < -0.3 is 4.90 Å². The van der Waals surface area contributed by atoms with E-state index in [1.807, 2.05) is 31.0 Å². The number of piperidine rings is 1. The Morgan fingerprint density at radius 3 is 2.69 bits per heavy atom. The smallest absolute Gasteiger partial charge is 0.252 e. The number of amides is 1. The van der Waals surface area contributed by atoms with Crippen molar-refractivity contribution in [1.29, 1.82) is 0 Å². The highest BCUT2D eigenvalue weighted by atomic mass is 32.2. The summed E-state index contributed by atoms with van der Waals surface area (Å²) in [6.07, 6.45) is 4.55. The predicted octanol–water partition coefficient (Wildman–Crippen LogP) is 3.99. The fourth-order valence-electron chi connectivity index (χ4n) is 4.61. The van der Waals surface area contributed by atoms with Gasteiger partial charge in [-0.3, -0.25) is 4.79 Å². The molecule has 2 heterocycles. The van der Waals surface area contributed by atoms with Crippen LogP contribution in [0.2, 0.25) is 0 Å². The van der Waals surface area contributed by atoms with Crippen LogP contribution in [-0.4, -0.2) is 43.7 Å². The first-order valence-electron chi connectivity index (χ1n) is 10.3. The van der Waals surface area contributed by atoms with Crippen LogP contribution in [0.3, 0.4) is 0 Å². The van der Waals surface area contributed by atoms with Gasteiger partial charge in [-0.1, -0.05) is 24.3 Å². The SMILES string of the molecule is Cc1ccc(S(=O)(=O)N2CCC[C@@H](C(=O)N(C)[C@@H]3CCCc4ccccc43)C2)s1.